The highest BCUT2D eigenvalue weighted by molar-refractivity contribution is 5.71. The molecule has 6 nitrogen and oxygen atoms in total. The molecule has 6 heteroatoms. The minimum absolute atomic E-state index is 0.0627. The third-order valence-electron chi connectivity index (χ3n) is 14.6. The first kappa shape index (κ1) is 66.4. The highest BCUT2D eigenvalue weighted by atomic mass is 16.6. The second-order valence-electron chi connectivity index (χ2n) is 22.1. The number of carbonyl (C=O) groups excluding carboxylic acids is 3. The molecule has 404 valence electrons. The molecule has 0 aromatic heterocycles. The second kappa shape index (κ2) is 54.7. The highest BCUT2D eigenvalue weighted by Gasteiger charge is 2.19. The predicted octanol–water partition coefficient (Wildman–Crippen LogP) is 20.4. The van der Waals surface area contributed by atoms with Crippen LogP contribution >= 0.6 is 0 Å². The van der Waals surface area contributed by atoms with Gasteiger partial charge >= 0.3 is 17.9 Å². The van der Waals surface area contributed by atoms with Crippen molar-refractivity contribution in [3.63, 3.8) is 0 Å². The highest BCUT2D eigenvalue weighted by Crippen LogP contribution is 2.19. The van der Waals surface area contributed by atoms with Gasteiger partial charge in [-0.25, -0.2) is 0 Å². The lowest BCUT2D eigenvalue weighted by molar-refractivity contribution is -0.167. The largest absolute Gasteiger partial charge is 0.462 e. The van der Waals surface area contributed by atoms with Crippen LogP contribution in [0.5, 0.6) is 0 Å². The standard InChI is InChI=1S/C62H120O6/c1-6-8-9-10-11-12-13-14-15-18-22-25-28-31-37-42-47-52-60(63)66-55-59(56-67-61(64)53-48-43-38-34-33-35-40-45-50-57(3)4)68-62(65)54-49-44-39-32-29-26-23-20-17-16-19-21-24-27-30-36-41-46-51-58(5)7-2/h57-59H,6-56H2,1-5H3/t58?,59-/m1/s1. The third kappa shape index (κ3) is 53.8. The number of esters is 3. The zero-order valence-corrected chi connectivity index (χ0v) is 46.7. The summed E-state index contributed by atoms with van der Waals surface area (Å²) in [5.41, 5.74) is 0. The summed E-state index contributed by atoms with van der Waals surface area (Å²) < 4.78 is 16.9. The number of ether oxygens (including phenoxy) is 3. The predicted molar refractivity (Wildman–Crippen MR) is 293 cm³/mol. The Bertz CT molecular complexity index is 1040. The van der Waals surface area contributed by atoms with E-state index < -0.39 is 6.10 Å². The lowest BCUT2D eigenvalue weighted by atomic mass is 9.99. The van der Waals surface area contributed by atoms with Crippen LogP contribution in [0.2, 0.25) is 0 Å². The Labute approximate surface area is 425 Å². The molecule has 0 fully saturated rings. The maximum atomic E-state index is 12.9. The maximum absolute atomic E-state index is 12.9. The molecule has 0 saturated carbocycles. The average Bonchev–Trinajstić information content (AvgIpc) is 3.32. The van der Waals surface area contributed by atoms with Gasteiger partial charge in [-0.05, 0) is 31.1 Å². The van der Waals surface area contributed by atoms with E-state index in [9.17, 15) is 14.4 Å². The van der Waals surface area contributed by atoms with Crippen LogP contribution < -0.4 is 0 Å². The molecule has 0 aromatic rings. The number of unbranched alkanes of at least 4 members (excludes halogenated alkanes) is 40. The zero-order valence-electron chi connectivity index (χ0n) is 46.7. The fourth-order valence-corrected chi connectivity index (χ4v) is 9.55. The average molecular weight is 962 g/mol. The zero-order chi connectivity index (χ0) is 49.6. The van der Waals surface area contributed by atoms with Crippen LogP contribution in [0.15, 0.2) is 0 Å². The monoisotopic (exact) mass is 961 g/mol. The van der Waals surface area contributed by atoms with Crippen LogP contribution in [0, 0.1) is 11.8 Å². The summed E-state index contributed by atoms with van der Waals surface area (Å²) in [5.74, 6) is 0.868. The Balaban J connectivity index is 4.22. The van der Waals surface area contributed by atoms with Gasteiger partial charge in [-0.15, -0.1) is 0 Å². The Morgan fingerprint density at radius 2 is 0.559 bits per heavy atom. The molecule has 0 aliphatic rings. The summed E-state index contributed by atoms with van der Waals surface area (Å²) in [7, 11) is 0. The van der Waals surface area contributed by atoms with Crippen LogP contribution in [0.4, 0.5) is 0 Å². The Morgan fingerprint density at radius 1 is 0.309 bits per heavy atom. The molecule has 0 aliphatic carbocycles. The van der Waals surface area contributed by atoms with E-state index in [4.69, 9.17) is 14.2 Å². The second-order valence-corrected chi connectivity index (χ2v) is 22.1. The van der Waals surface area contributed by atoms with Gasteiger partial charge in [0.05, 0.1) is 0 Å². The van der Waals surface area contributed by atoms with Gasteiger partial charge in [0.1, 0.15) is 13.2 Å². The van der Waals surface area contributed by atoms with E-state index in [-0.39, 0.29) is 31.1 Å². The molecule has 1 unspecified atom stereocenters. The fourth-order valence-electron chi connectivity index (χ4n) is 9.55. The Kier molecular flexibility index (Phi) is 53.5. The third-order valence-corrected chi connectivity index (χ3v) is 14.6. The van der Waals surface area contributed by atoms with Crippen molar-refractivity contribution in [1.29, 1.82) is 0 Å². The minimum Gasteiger partial charge on any atom is -0.462 e. The molecular weight excluding hydrogens is 841 g/mol. The van der Waals surface area contributed by atoms with Crippen LogP contribution in [-0.4, -0.2) is 37.2 Å². The van der Waals surface area contributed by atoms with Crippen LogP contribution in [-0.2, 0) is 28.6 Å². The quantitative estimate of drug-likeness (QED) is 0.0343. The molecule has 0 aliphatic heterocycles. The van der Waals surface area contributed by atoms with E-state index >= 15 is 0 Å². The molecule has 68 heavy (non-hydrogen) atoms. The normalized spacial score (nSPS) is 12.4. The molecule has 0 spiro atoms. The van der Waals surface area contributed by atoms with Crippen molar-refractivity contribution < 1.29 is 28.6 Å². The molecule has 0 amide bonds. The molecule has 0 saturated heterocycles. The molecule has 0 heterocycles. The van der Waals surface area contributed by atoms with Gasteiger partial charge in [0, 0.05) is 19.3 Å². The number of hydrogen-bond donors (Lipinski definition) is 0. The van der Waals surface area contributed by atoms with Gasteiger partial charge < -0.3 is 14.2 Å². The first-order valence-electron chi connectivity index (χ1n) is 30.8. The topological polar surface area (TPSA) is 78.9 Å². The van der Waals surface area contributed by atoms with Crippen molar-refractivity contribution in [2.24, 2.45) is 11.8 Å². The fraction of sp³-hybridized carbons (Fsp3) is 0.952. The summed E-state index contributed by atoms with van der Waals surface area (Å²) >= 11 is 0. The lowest BCUT2D eigenvalue weighted by Crippen LogP contribution is -2.30. The van der Waals surface area contributed by atoms with Crippen molar-refractivity contribution >= 4 is 17.9 Å². The summed E-state index contributed by atoms with van der Waals surface area (Å²) in [6.45, 7) is 11.4. The van der Waals surface area contributed by atoms with Crippen LogP contribution in [0.1, 0.15) is 349 Å². The van der Waals surface area contributed by atoms with Crippen LogP contribution in [0.25, 0.3) is 0 Å². The van der Waals surface area contributed by atoms with E-state index in [1.165, 1.54) is 238 Å². The number of carbonyl (C=O) groups is 3. The number of rotatable bonds is 56. The summed E-state index contributed by atoms with van der Waals surface area (Å²) in [6, 6.07) is 0. The molecular formula is C62H120O6. The van der Waals surface area contributed by atoms with Gasteiger partial charge in [0.15, 0.2) is 6.10 Å². The summed E-state index contributed by atoms with van der Waals surface area (Å²) in [4.78, 5) is 38.2. The van der Waals surface area contributed by atoms with E-state index in [2.05, 4.69) is 34.6 Å². The van der Waals surface area contributed by atoms with Gasteiger partial charge in [0.2, 0.25) is 0 Å². The minimum atomic E-state index is -0.763. The Morgan fingerprint density at radius 3 is 0.838 bits per heavy atom. The Hall–Kier alpha value is -1.59. The van der Waals surface area contributed by atoms with Gasteiger partial charge in [-0.3, -0.25) is 14.4 Å². The first-order valence-corrected chi connectivity index (χ1v) is 30.8. The molecule has 2 atom stereocenters. The van der Waals surface area contributed by atoms with Gasteiger partial charge in [-0.2, -0.15) is 0 Å². The molecule has 0 rings (SSSR count). The smallest absolute Gasteiger partial charge is 0.306 e. The van der Waals surface area contributed by atoms with E-state index in [1.807, 2.05) is 0 Å². The maximum Gasteiger partial charge on any atom is 0.306 e. The van der Waals surface area contributed by atoms with Gasteiger partial charge in [-0.1, -0.05) is 311 Å². The molecule has 0 bridgehead atoms. The lowest BCUT2D eigenvalue weighted by Gasteiger charge is -2.18. The van der Waals surface area contributed by atoms with Crippen molar-refractivity contribution in [3.05, 3.63) is 0 Å². The van der Waals surface area contributed by atoms with Gasteiger partial charge in [0.25, 0.3) is 0 Å². The van der Waals surface area contributed by atoms with E-state index in [1.54, 1.807) is 0 Å². The molecule has 0 N–H and O–H groups in total. The van der Waals surface area contributed by atoms with Crippen LogP contribution in [0.3, 0.4) is 0 Å². The SMILES string of the molecule is CCCCCCCCCCCCCCCCCCCC(=O)OC[C@H](COC(=O)CCCCCCCCCCC(C)C)OC(=O)CCCCCCCCCCCCCCCCCCCCC(C)CC. The van der Waals surface area contributed by atoms with Crippen molar-refractivity contribution in [1.82, 2.24) is 0 Å². The number of hydrogen-bond acceptors (Lipinski definition) is 6. The van der Waals surface area contributed by atoms with E-state index in [0.717, 1.165) is 69.6 Å². The summed E-state index contributed by atoms with van der Waals surface area (Å²) in [6.07, 6.45) is 59.6. The van der Waals surface area contributed by atoms with Crippen molar-refractivity contribution in [2.75, 3.05) is 13.2 Å². The summed E-state index contributed by atoms with van der Waals surface area (Å²) in [5, 5.41) is 0. The van der Waals surface area contributed by atoms with Crippen molar-refractivity contribution in [2.45, 2.75) is 355 Å². The molecule has 0 radical (unpaired) electrons. The van der Waals surface area contributed by atoms with E-state index in [0.29, 0.717) is 19.3 Å². The molecule has 0 aromatic carbocycles. The van der Waals surface area contributed by atoms with Crippen molar-refractivity contribution in [3.8, 4) is 0 Å². The first-order chi connectivity index (χ1) is 33.3.